The summed E-state index contributed by atoms with van der Waals surface area (Å²) in [6, 6.07) is 15.3. The molecule has 1 amide bonds. The molecule has 1 aliphatic rings. The quantitative estimate of drug-likeness (QED) is 0.844. The third kappa shape index (κ3) is 4.69. The third-order valence-corrected chi connectivity index (χ3v) is 4.64. The van der Waals surface area contributed by atoms with Crippen molar-refractivity contribution in [1.29, 1.82) is 0 Å². The van der Waals surface area contributed by atoms with Gasteiger partial charge in [0.1, 0.15) is 11.4 Å². The van der Waals surface area contributed by atoms with E-state index in [1.54, 1.807) is 33.1 Å². The molecule has 27 heavy (non-hydrogen) atoms. The first-order chi connectivity index (χ1) is 12.9. The largest absolute Gasteiger partial charge is 0.497 e. The van der Waals surface area contributed by atoms with Crippen molar-refractivity contribution in [2.24, 2.45) is 0 Å². The molecule has 1 heterocycles. The van der Waals surface area contributed by atoms with Crippen LogP contribution in [-0.4, -0.2) is 35.2 Å². The molecule has 1 aliphatic heterocycles. The number of benzene rings is 2. The summed E-state index contributed by atoms with van der Waals surface area (Å²) in [5.41, 5.74) is 1.50. The lowest BCUT2D eigenvalue weighted by Crippen LogP contribution is -2.30. The number of amides is 1. The molecule has 0 aliphatic carbocycles. The van der Waals surface area contributed by atoms with E-state index in [9.17, 15) is 9.90 Å². The molecule has 4 nitrogen and oxygen atoms in total. The average molecular weight is 363 g/mol. The van der Waals surface area contributed by atoms with Crippen LogP contribution in [0.15, 0.2) is 48.5 Å². The lowest BCUT2D eigenvalue weighted by atomic mass is 10.0. The van der Waals surface area contributed by atoms with E-state index < -0.39 is 5.60 Å². The molecule has 2 aromatic rings. The van der Waals surface area contributed by atoms with E-state index in [0.717, 1.165) is 36.3 Å². The number of hydrogen-bond acceptors (Lipinski definition) is 3. The van der Waals surface area contributed by atoms with Gasteiger partial charge in [0.25, 0.3) is 5.91 Å². The van der Waals surface area contributed by atoms with Crippen LogP contribution in [0.2, 0.25) is 0 Å². The van der Waals surface area contributed by atoms with Gasteiger partial charge in [-0.1, -0.05) is 24.0 Å². The molecule has 0 aromatic heterocycles. The Morgan fingerprint density at radius 2 is 1.96 bits per heavy atom. The summed E-state index contributed by atoms with van der Waals surface area (Å²) in [6.07, 6.45) is 1.94. The Hall–Kier alpha value is -2.77. The lowest BCUT2D eigenvalue weighted by Gasteiger charge is -2.25. The van der Waals surface area contributed by atoms with Gasteiger partial charge in [0.15, 0.2) is 0 Å². The molecular formula is C23H25NO3. The Bertz CT molecular complexity index is 869. The maximum Gasteiger partial charge on any atom is 0.254 e. The van der Waals surface area contributed by atoms with E-state index in [-0.39, 0.29) is 11.9 Å². The van der Waals surface area contributed by atoms with Gasteiger partial charge in [0.2, 0.25) is 0 Å². The summed E-state index contributed by atoms with van der Waals surface area (Å²) in [7, 11) is 1.65. The number of ether oxygens (including phenoxy) is 1. The minimum Gasteiger partial charge on any atom is -0.497 e. The van der Waals surface area contributed by atoms with Gasteiger partial charge >= 0.3 is 0 Å². The Kier molecular flexibility index (Phi) is 5.53. The second-order valence-corrected chi connectivity index (χ2v) is 7.32. The topological polar surface area (TPSA) is 49.8 Å². The number of nitrogens with zero attached hydrogens (tertiary/aromatic N) is 1. The number of likely N-dealkylation sites (tertiary alicyclic amines) is 1. The van der Waals surface area contributed by atoms with Gasteiger partial charge < -0.3 is 14.7 Å². The van der Waals surface area contributed by atoms with Crippen LogP contribution in [0.4, 0.5) is 0 Å². The number of rotatable bonds is 3. The number of hydrogen-bond donors (Lipinski definition) is 1. The third-order valence-electron chi connectivity index (χ3n) is 4.64. The van der Waals surface area contributed by atoms with Gasteiger partial charge in [-0.15, -0.1) is 0 Å². The van der Waals surface area contributed by atoms with Crippen LogP contribution in [0.3, 0.4) is 0 Å². The molecule has 1 fully saturated rings. The second-order valence-electron chi connectivity index (χ2n) is 7.32. The van der Waals surface area contributed by atoms with Crippen molar-refractivity contribution >= 4 is 5.91 Å². The highest BCUT2D eigenvalue weighted by molar-refractivity contribution is 5.94. The molecule has 0 spiro atoms. The van der Waals surface area contributed by atoms with E-state index in [1.807, 2.05) is 41.3 Å². The fourth-order valence-electron chi connectivity index (χ4n) is 3.29. The number of methoxy groups -OCH3 is 1. The predicted molar refractivity (Wildman–Crippen MR) is 106 cm³/mol. The Balaban J connectivity index is 1.78. The van der Waals surface area contributed by atoms with Crippen LogP contribution < -0.4 is 4.74 Å². The molecule has 0 saturated carbocycles. The first-order valence-electron chi connectivity index (χ1n) is 9.18. The van der Waals surface area contributed by atoms with Crippen LogP contribution in [-0.2, 0) is 0 Å². The van der Waals surface area contributed by atoms with Crippen molar-refractivity contribution in [3.63, 3.8) is 0 Å². The zero-order chi connectivity index (χ0) is 19.4. The van der Waals surface area contributed by atoms with Crippen LogP contribution in [0.25, 0.3) is 0 Å². The summed E-state index contributed by atoms with van der Waals surface area (Å²) in [4.78, 5) is 15.0. The molecule has 3 rings (SSSR count). The van der Waals surface area contributed by atoms with Crippen LogP contribution >= 0.6 is 0 Å². The maximum absolute atomic E-state index is 13.0. The highest BCUT2D eigenvalue weighted by Crippen LogP contribution is 2.34. The standard InChI is InChI=1S/C23H25NO3/c1-23(2,26)14-13-17-9-11-18(12-10-17)22(25)24-15-5-8-21(24)19-6-4-7-20(16-19)27-3/h4,6-7,9-12,16,21,26H,5,8,15H2,1-3H3/t21-/m0/s1. The Morgan fingerprint density at radius 1 is 1.22 bits per heavy atom. The van der Waals surface area contributed by atoms with Gasteiger partial charge in [-0.25, -0.2) is 0 Å². The minimum absolute atomic E-state index is 0.0299. The van der Waals surface area contributed by atoms with Crippen LogP contribution in [0.1, 0.15) is 54.2 Å². The molecule has 0 radical (unpaired) electrons. The van der Waals surface area contributed by atoms with Gasteiger partial charge in [-0.3, -0.25) is 4.79 Å². The maximum atomic E-state index is 13.0. The molecule has 4 heteroatoms. The van der Waals surface area contributed by atoms with E-state index in [2.05, 4.69) is 11.8 Å². The minimum atomic E-state index is -1.03. The number of aliphatic hydroxyl groups is 1. The number of carbonyl (C=O) groups is 1. The van der Waals surface area contributed by atoms with Crippen molar-refractivity contribution in [1.82, 2.24) is 4.90 Å². The molecule has 140 valence electrons. The Morgan fingerprint density at radius 3 is 2.63 bits per heavy atom. The normalized spacial score (nSPS) is 16.6. The summed E-state index contributed by atoms with van der Waals surface area (Å²) < 4.78 is 5.32. The van der Waals surface area contributed by atoms with E-state index in [4.69, 9.17) is 4.74 Å². The zero-order valence-electron chi connectivity index (χ0n) is 16.0. The second kappa shape index (κ2) is 7.85. The average Bonchev–Trinajstić information content (AvgIpc) is 3.15. The van der Waals surface area contributed by atoms with Crippen LogP contribution in [0.5, 0.6) is 5.75 Å². The van der Waals surface area contributed by atoms with Crippen molar-refractivity contribution in [3.05, 3.63) is 65.2 Å². The summed E-state index contributed by atoms with van der Waals surface area (Å²) >= 11 is 0. The van der Waals surface area contributed by atoms with Crippen molar-refractivity contribution in [3.8, 4) is 17.6 Å². The highest BCUT2D eigenvalue weighted by Gasteiger charge is 2.30. The van der Waals surface area contributed by atoms with Gasteiger partial charge in [0.05, 0.1) is 13.2 Å². The Labute approximate surface area is 160 Å². The SMILES string of the molecule is COc1cccc([C@@H]2CCCN2C(=O)c2ccc(C#CC(C)(C)O)cc2)c1. The molecule has 0 bridgehead atoms. The summed E-state index contributed by atoms with van der Waals surface area (Å²) in [6.45, 7) is 4.04. The van der Waals surface area contributed by atoms with E-state index in [1.165, 1.54) is 0 Å². The van der Waals surface area contributed by atoms with Gasteiger partial charge in [-0.05, 0) is 68.7 Å². The molecular weight excluding hydrogens is 338 g/mol. The van der Waals surface area contributed by atoms with Crippen molar-refractivity contribution in [2.75, 3.05) is 13.7 Å². The molecule has 2 aromatic carbocycles. The first-order valence-corrected chi connectivity index (χ1v) is 9.18. The summed E-state index contributed by atoms with van der Waals surface area (Å²) in [5, 5.41) is 9.70. The molecule has 0 unspecified atom stereocenters. The fraction of sp³-hybridized carbons (Fsp3) is 0.348. The fourth-order valence-corrected chi connectivity index (χ4v) is 3.29. The lowest BCUT2D eigenvalue weighted by molar-refractivity contribution is 0.0735. The highest BCUT2D eigenvalue weighted by atomic mass is 16.5. The van der Waals surface area contributed by atoms with Crippen LogP contribution in [0, 0.1) is 11.8 Å². The van der Waals surface area contributed by atoms with Gasteiger partial charge in [-0.2, -0.15) is 0 Å². The van der Waals surface area contributed by atoms with Crippen molar-refractivity contribution in [2.45, 2.75) is 38.3 Å². The predicted octanol–water partition coefficient (Wildman–Crippen LogP) is 3.79. The molecule has 1 atom stereocenters. The van der Waals surface area contributed by atoms with Crippen molar-refractivity contribution < 1.29 is 14.6 Å². The smallest absolute Gasteiger partial charge is 0.254 e. The van der Waals surface area contributed by atoms with E-state index in [0.29, 0.717) is 5.56 Å². The monoisotopic (exact) mass is 363 g/mol. The zero-order valence-corrected chi connectivity index (χ0v) is 16.0. The summed E-state index contributed by atoms with van der Waals surface area (Å²) in [5.74, 6) is 6.55. The first kappa shape index (κ1) is 19.0. The van der Waals surface area contributed by atoms with E-state index >= 15 is 0 Å². The molecule has 1 N–H and O–H groups in total. The number of carbonyl (C=O) groups excluding carboxylic acids is 1. The van der Waals surface area contributed by atoms with Gasteiger partial charge in [0, 0.05) is 17.7 Å². The molecule has 1 saturated heterocycles.